The van der Waals surface area contributed by atoms with Crippen molar-refractivity contribution < 1.29 is 4.74 Å². The quantitative estimate of drug-likeness (QED) is 0.681. The molecule has 0 aromatic heterocycles. The second-order valence-corrected chi connectivity index (χ2v) is 4.36. The molecule has 1 aromatic carbocycles. The first-order chi connectivity index (χ1) is 8.34. The van der Waals surface area contributed by atoms with Gasteiger partial charge >= 0.3 is 0 Å². The van der Waals surface area contributed by atoms with Crippen LogP contribution in [0.3, 0.4) is 0 Å². The molecule has 0 bridgehead atoms. The van der Waals surface area contributed by atoms with Crippen molar-refractivity contribution in [2.45, 2.75) is 6.92 Å². The fourth-order valence-electron chi connectivity index (χ4n) is 2.23. The minimum Gasteiger partial charge on any atom is -0.489 e. The van der Waals surface area contributed by atoms with Crippen molar-refractivity contribution in [2.24, 2.45) is 0 Å². The molecule has 4 heteroatoms. The minimum atomic E-state index is 0.730. The summed E-state index contributed by atoms with van der Waals surface area (Å²) in [5.74, 6) is 2.05. The third-order valence-electron chi connectivity index (χ3n) is 3.10. The van der Waals surface area contributed by atoms with Crippen LogP contribution in [-0.2, 0) is 0 Å². The van der Waals surface area contributed by atoms with Gasteiger partial charge in [0, 0.05) is 25.2 Å². The summed E-state index contributed by atoms with van der Waals surface area (Å²) in [5.41, 5.74) is 3.48. The summed E-state index contributed by atoms with van der Waals surface area (Å²) in [6.45, 7) is 5.68. The van der Waals surface area contributed by atoms with E-state index in [4.69, 9.17) is 4.74 Å². The summed E-state index contributed by atoms with van der Waals surface area (Å²) in [7, 11) is 0. The Balaban J connectivity index is 2.02. The maximum absolute atomic E-state index is 5.78. The van der Waals surface area contributed by atoms with E-state index < -0.39 is 0 Å². The second kappa shape index (κ2) is 4.20. The molecule has 0 amide bonds. The summed E-state index contributed by atoms with van der Waals surface area (Å²) in [4.78, 5) is 0. The van der Waals surface area contributed by atoms with E-state index in [1.807, 2.05) is 0 Å². The van der Waals surface area contributed by atoms with Crippen molar-refractivity contribution in [3.8, 4) is 5.75 Å². The molecule has 4 nitrogen and oxygen atoms in total. The van der Waals surface area contributed by atoms with Gasteiger partial charge in [0.05, 0.1) is 11.5 Å². The molecule has 1 saturated heterocycles. The van der Waals surface area contributed by atoms with Crippen LogP contribution in [0, 0.1) is 6.92 Å². The van der Waals surface area contributed by atoms with Gasteiger partial charge in [0.15, 0.2) is 0 Å². The summed E-state index contributed by atoms with van der Waals surface area (Å²) in [6, 6.07) is 4.23. The molecule has 0 unspecified atom stereocenters. The van der Waals surface area contributed by atoms with E-state index in [2.05, 4.69) is 41.1 Å². The van der Waals surface area contributed by atoms with Gasteiger partial charge in [-0.3, -0.25) is 0 Å². The van der Waals surface area contributed by atoms with Gasteiger partial charge in [0.1, 0.15) is 12.4 Å². The van der Waals surface area contributed by atoms with Gasteiger partial charge in [-0.1, -0.05) is 12.1 Å². The molecule has 1 aromatic rings. The predicted molar refractivity (Wildman–Crippen MR) is 69.1 cm³/mol. The van der Waals surface area contributed by atoms with Crippen LogP contribution in [0.5, 0.6) is 5.75 Å². The lowest BCUT2D eigenvalue weighted by Gasteiger charge is -2.23. The van der Waals surface area contributed by atoms with Crippen LogP contribution < -0.4 is 20.7 Å². The Bertz CT molecular complexity index is 460. The number of rotatable bonds is 1. The molecule has 1 fully saturated rings. The van der Waals surface area contributed by atoms with Crippen molar-refractivity contribution in [1.82, 2.24) is 10.6 Å². The van der Waals surface area contributed by atoms with Gasteiger partial charge in [-0.25, -0.2) is 0 Å². The molecule has 0 saturated carbocycles. The molecule has 0 atom stereocenters. The molecule has 0 spiro atoms. The van der Waals surface area contributed by atoms with Crippen molar-refractivity contribution in [1.29, 1.82) is 0 Å². The molecule has 0 aliphatic carbocycles. The predicted octanol–water partition coefficient (Wildman–Crippen LogP) is 1.29. The van der Waals surface area contributed by atoms with Crippen LogP contribution in [0.2, 0.25) is 0 Å². The highest BCUT2D eigenvalue weighted by atomic mass is 16.5. The van der Waals surface area contributed by atoms with E-state index in [0.29, 0.717) is 0 Å². The number of benzene rings is 1. The highest BCUT2D eigenvalue weighted by Gasteiger charge is 2.16. The van der Waals surface area contributed by atoms with Gasteiger partial charge in [-0.2, -0.15) is 0 Å². The molecular formula is C13H17N3O. The van der Waals surface area contributed by atoms with E-state index in [-0.39, 0.29) is 0 Å². The van der Waals surface area contributed by atoms with Crippen molar-refractivity contribution in [2.75, 3.05) is 31.6 Å². The van der Waals surface area contributed by atoms with Crippen molar-refractivity contribution in [3.63, 3.8) is 0 Å². The normalized spacial score (nSPS) is 17.4. The van der Waals surface area contributed by atoms with Gasteiger partial charge in [-0.05, 0) is 18.6 Å². The lowest BCUT2D eigenvalue weighted by atomic mass is 10.1. The van der Waals surface area contributed by atoms with Crippen LogP contribution in [0.25, 0.3) is 6.08 Å². The van der Waals surface area contributed by atoms with Crippen LogP contribution in [0.1, 0.15) is 11.1 Å². The number of hydrogen-bond donors (Lipinski definition) is 3. The summed E-state index contributed by atoms with van der Waals surface area (Å²) in [5, 5.41) is 10.0. The van der Waals surface area contributed by atoms with E-state index in [1.54, 1.807) is 0 Å². The summed E-state index contributed by atoms with van der Waals surface area (Å²) < 4.78 is 5.78. The first kappa shape index (κ1) is 10.3. The van der Waals surface area contributed by atoms with Crippen molar-refractivity contribution >= 4 is 11.8 Å². The standard InChI is InChI=1S/C13H17N3O/c1-9-2-3-10(8-11-14-4-5-15-11)13-12(9)16-6-7-17-13/h2-3,8,14-16H,4-7H2,1H3. The fraction of sp³-hybridized carbons (Fsp3) is 0.385. The molecule has 3 N–H and O–H groups in total. The highest BCUT2D eigenvalue weighted by molar-refractivity contribution is 5.73. The van der Waals surface area contributed by atoms with E-state index >= 15 is 0 Å². The largest absolute Gasteiger partial charge is 0.489 e. The first-order valence-electron chi connectivity index (χ1n) is 6.04. The Hall–Kier alpha value is -1.84. The Morgan fingerprint density at radius 2 is 1.94 bits per heavy atom. The third kappa shape index (κ3) is 1.90. The summed E-state index contributed by atoms with van der Waals surface area (Å²) >= 11 is 0. The fourth-order valence-corrected chi connectivity index (χ4v) is 2.23. The van der Waals surface area contributed by atoms with Crippen LogP contribution in [0.15, 0.2) is 18.0 Å². The maximum Gasteiger partial charge on any atom is 0.150 e. The number of nitrogens with one attached hydrogen (secondary N) is 3. The molecule has 17 heavy (non-hydrogen) atoms. The monoisotopic (exact) mass is 231 g/mol. The number of fused-ring (bicyclic) bond motifs is 1. The molecule has 90 valence electrons. The number of aryl methyl sites for hydroxylation is 1. The van der Waals surface area contributed by atoms with Crippen molar-refractivity contribution in [3.05, 3.63) is 29.1 Å². The number of ether oxygens (including phenoxy) is 1. The molecule has 2 heterocycles. The van der Waals surface area contributed by atoms with E-state index in [0.717, 1.165) is 49.1 Å². The maximum atomic E-state index is 5.78. The Morgan fingerprint density at radius 3 is 2.76 bits per heavy atom. The number of hydrogen-bond acceptors (Lipinski definition) is 4. The molecule has 2 aliphatic rings. The average molecular weight is 231 g/mol. The Morgan fingerprint density at radius 1 is 1.12 bits per heavy atom. The zero-order valence-electron chi connectivity index (χ0n) is 9.97. The first-order valence-corrected chi connectivity index (χ1v) is 6.04. The highest BCUT2D eigenvalue weighted by Crippen LogP contribution is 2.35. The molecule has 2 aliphatic heterocycles. The lowest BCUT2D eigenvalue weighted by molar-refractivity contribution is 0.322. The SMILES string of the molecule is Cc1ccc(C=C2NCCN2)c2c1NCCO2. The summed E-state index contributed by atoms with van der Waals surface area (Å²) in [6.07, 6.45) is 2.11. The zero-order valence-corrected chi connectivity index (χ0v) is 9.97. The van der Waals surface area contributed by atoms with E-state index in [1.165, 1.54) is 5.56 Å². The van der Waals surface area contributed by atoms with Gasteiger partial charge in [0.2, 0.25) is 0 Å². The van der Waals surface area contributed by atoms with Crippen LogP contribution >= 0.6 is 0 Å². The minimum absolute atomic E-state index is 0.730. The van der Waals surface area contributed by atoms with Gasteiger partial charge in [0.25, 0.3) is 0 Å². The zero-order chi connectivity index (χ0) is 11.7. The second-order valence-electron chi connectivity index (χ2n) is 4.36. The molecule has 3 rings (SSSR count). The smallest absolute Gasteiger partial charge is 0.150 e. The average Bonchev–Trinajstić information content (AvgIpc) is 2.86. The lowest BCUT2D eigenvalue weighted by Crippen LogP contribution is -2.19. The van der Waals surface area contributed by atoms with E-state index in [9.17, 15) is 0 Å². The number of anilines is 1. The molecule has 0 radical (unpaired) electrons. The topological polar surface area (TPSA) is 45.3 Å². The van der Waals surface area contributed by atoms with Crippen LogP contribution in [0.4, 0.5) is 5.69 Å². The van der Waals surface area contributed by atoms with Gasteiger partial charge in [-0.15, -0.1) is 0 Å². The third-order valence-corrected chi connectivity index (χ3v) is 3.10. The Kier molecular flexibility index (Phi) is 2.55. The molecular weight excluding hydrogens is 214 g/mol. The Labute approximate surface area is 101 Å². The van der Waals surface area contributed by atoms with Gasteiger partial charge < -0.3 is 20.7 Å². The van der Waals surface area contributed by atoms with Crippen LogP contribution in [-0.4, -0.2) is 26.2 Å².